The van der Waals surface area contributed by atoms with Crippen LogP contribution in [-0.2, 0) is 9.53 Å². The predicted octanol–water partition coefficient (Wildman–Crippen LogP) is 1.71. The summed E-state index contributed by atoms with van der Waals surface area (Å²) in [6, 6.07) is 6.03. The molecule has 1 fully saturated rings. The third-order valence-corrected chi connectivity index (χ3v) is 3.43. The standard InChI is InChI=1S/C15H22N2O3/c1-11-9-13(3-4-14(11)19-2)16-10-15(18)17-12-5-7-20-8-6-12/h3-4,9,12,16H,5-8,10H2,1-2H3,(H,17,18). The Kier molecular flexibility index (Phi) is 5.24. The summed E-state index contributed by atoms with van der Waals surface area (Å²) < 4.78 is 10.5. The van der Waals surface area contributed by atoms with Gasteiger partial charge in [-0.05, 0) is 43.5 Å². The lowest BCUT2D eigenvalue weighted by Crippen LogP contribution is -2.41. The van der Waals surface area contributed by atoms with Gasteiger partial charge in [0.1, 0.15) is 5.75 Å². The van der Waals surface area contributed by atoms with Crippen LogP contribution in [0, 0.1) is 6.92 Å². The zero-order chi connectivity index (χ0) is 14.4. The van der Waals surface area contributed by atoms with Crippen LogP contribution in [0.1, 0.15) is 18.4 Å². The van der Waals surface area contributed by atoms with Gasteiger partial charge in [0.05, 0.1) is 13.7 Å². The first-order valence-electron chi connectivity index (χ1n) is 6.94. The van der Waals surface area contributed by atoms with E-state index < -0.39 is 0 Å². The quantitative estimate of drug-likeness (QED) is 0.861. The van der Waals surface area contributed by atoms with E-state index in [4.69, 9.17) is 9.47 Å². The molecule has 0 radical (unpaired) electrons. The summed E-state index contributed by atoms with van der Waals surface area (Å²) >= 11 is 0. The number of hydrogen-bond donors (Lipinski definition) is 2. The van der Waals surface area contributed by atoms with Gasteiger partial charge in [0.2, 0.25) is 5.91 Å². The lowest BCUT2D eigenvalue weighted by Gasteiger charge is -2.23. The minimum atomic E-state index is 0.0189. The first-order chi connectivity index (χ1) is 9.69. The summed E-state index contributed by atoms with van der Waals surface area (Å²) in [5, 5.41) is 6.15. The van der Waals surface area contributed by atoms with Crippen molar-refractivity contribution in [1.82, 2.24) is 5.32 Å². The molecule has 0 saturated carbocycles. The number of carbonyl (C=O) groups is 1. The minimum Gasteiger partial charge on any atom is -0.496 e. The second-order valence-corrected chi connectivity index (χ2v) is 4.99. The fourth-order valence-corrected chi connectivity index (χ4v) is 2.29. The normalized spacial score (nSPS) is 15.7. The van der Waals surface area contributed by atoms with E-state index in [1.807, 2.05) is 25.1 Å². The average Bonchev–Trinajstić information content (AvgIpc) is 2.46. The fraction of sp³-hybridized carbons (Fsp3) is 0.533. The molecular weight excluding hydrogens is 256 g/mol. The Morgan fingerprint density at radius 1 is 1.40 bits per heavy atom. The highest BCUT2D eigenvalue weighted by molar-refractivity contribution is 5.81. The molecule has 1 aromatic rings. The molecule has 1 saturated heterocycles. The van der Waals surface area contributed by atoms with Gasteiger partial charge in [-0.2, -0.15) is 0 Å². The third kappa shape index (κ3) is 4.13. The number of carbonyl (C=O) groups excluding carboxylic acids is 1. The van der Waals surface area contributed by atoms with Crippen molar-refractivity contribution in [3.63, 3.8) is 0 Å². The highest BCUT2D eigenvalue weighted by Gasteiger charge is 2.15. The molecule has 1 aliphatic heterocycles. The molecule has 0 atom stereocenters. The third-order valence-electron chi connectivity index (χ3n) is 3.43. The second-order valence-electron chi connectivity index (χ2n) is 4.99. The van der Waals surface area contributed by atoms with Gasteiger partial charge in [-0.25, -0.2) is 0 Å². The number of benzene rings is 1. The first kappa shape index (κ1) is 14.7. The predicted molar refractivity (Wildman–Crippen MR) is 78.2 cm³/mol. The van der Waals surface area contributed by atoms with Crippen molar-refractivity contribution in [2.24, 2.45) is 0 Å². The van der Waals surface area contributed by atoms with E-state index in [0.29, 0.717) is 0 Å². The van der Waals surface area contributed by atoms with E-state index in [1.54, 1.807) is 7.11 Å². The molecule has 5 heteroatoms. The summed E-state index contributed by atoms with van der Waals surface area (Å²) in [5.74, 6) is 0.868. The molecule has 0 unspecified atom stereocenters. The molecule has 1 aromatic carbocycles. The van der Waals surface area contributed by atoms with Gasteiger partial charge in [-0.15, -0.1) is 0 Å². The monoisotopic (exact) mass is 278 g/mol. The van der Waals surface area contributed by atoms with E-state index in [1.165, 1.54) is 0 Å². The maximum atomic E-state index is 11.9. The Morgan fingerprint density at radius 2 is 2.15 bits per heavy atom. The molecule has 5 nitrogen and oxygen atoms in total. The van der Waals surface area contributed by atoms with Gasteiger partial charge < -0.3 is 20.1 Å². The minimum absolute atomic E-state index is 0.0189. The van der Waals surface area contributed by atoms with Crippen LogP contribution in [0.4, 0.5) is 5.69 Å². The Labute approximate surface area is 119 Å². The maximum Gasteiger partial charge on any atom is 0.239 e. The van der Waals surface area contributed by atoms with Crippen molar-refractivity contribution in [1.29, 1.82) is 0 Å². The fourth-order valence-electron chi connectivity index (χ4n) is 2.29. The highest BCUT2D eigenvalue weighted by Crippen LogP contribution is 2.21. The highest BCUT2D eigenvalue weighted by atomic mass is 16.5. The van der Waals surface area contributed by atoms with Gasteiger partial charge in [0.25, 0.3) is 0 Å². The summed E-state index contributed by atoms with van der Waals surface area (Å²) in [6.07, 6.45) is 1.79. The smallest absolute Gasteiger partial charge is 0.239 e. The van der Waals surface area contributed by atoms with E-state index in [-0.39, 0.29) is 18.5 Å². The van der Waals surface area contributed by atoms with Gasteiger partial charge in [-0.1, -0.05) is 0 Å². The zero-order valence-corrected chi connectivity index (χ0v) is 12.1. The van der Waals surface area contributed by atoms with E-state index in [9.17, 15) is 4.79 Å². The molecule has 2 rings (SSSR count). The Morgan fingerprint density at radius 3 is 2.80 bits per heavy atom. The number of rotatable bonds is 5. The number of aryl methyl sites for hydroxylation is 1. The van der Waals surface area contributed by atoms with Gasteiger partial charge in [-0.3, -0.25) is 4.79 Å². The van der Waals surface area contributed by atoms with E-state index in [2.05, 4.69) is 10.6 Å². The Bertz CT molecular complexity index is 456. The van der Waals surface area contributed by atoms with Crippen LogP contribution in [0.5, 0.6) is 5.75 Å². The van der Waals surface area contributed by atoms with Crippen LogP contribution in [-0.4, -0.2) is 38.8 Å². The molecule has 1 amide bonds. The van der Waals surface area contributed by atoms with Crippen molar-refractivity contribution >= 4 is 11.6 Å². The van der Waals surface area contributed by atoms with Crippen molar-refractivity contribution in [2.45, 2.75) is 25.8 Å². The molecule has 0 aromatic heterocycles. The van der Waals surface area contributed by atoms with Crippen LogP contribution < -0.4 is 15.4 Å². The largest absolute Gasteiger partial charge is 0.496 e. The summed E-state index contributed by atoms with van der Waals surface area (Å²) in [7, 11) is 1.65. The number of methoxy groups -OCH3 is 1. The van der Waals surface area contributed by atoms with Crippen LogP contribution >= 0.6 is 0 Å². The van der Waals surface area contributed by atoms with Gasteiger partial charge in [0, 0.05) is 24.9 Å². The number of nitrogens with one attached hydrogen (secondary N) is 2. The Hall–Kier alpha value is -1.75. The molecule has 2 N–H and O–H groups in total. The van der Waals surface area contributed by atoms with Gasteiger partial charge >= 0.3 is 0 Å². The summed E-state index contributed by atoms with van der Waals surface area (Å²) in [5.41, 5.74) is 1.97. The average molecular weight is 278 g/mol. The molecule has 0 bridgehead atoms. The van der Waals surface area contributed by atoms with Crippen LogP contribution in [0.3, 0.4) is 0 Å². The molecule has 110 valence electrons. The lowest BCUT2D eigenvalue weighted by molar-refractivity contribution is -0.120. The van der Waals surface area contributed by atoms with Crippen molar-refractivity contribution in [3.05, 3.63) is 23.8 Å². The van der Waals surface area contributed by atoms with E-state index >= 15 is 0 Å². The lowest BCUT2D eigenvalue weighted by atomic mass is 10.1. The van der Waals surface area contributed by atoms with Crippen LogP contribution in [0.2, 0.25) is 0 Å². The van der Waals surface area contributed by atoms with E-state index in [0.717, 1.165) is 43.1 Å². The van der Waals surface area contributed by atoms with Crippen LogP contribution in [0.25, 0.3) is 0 Å². The van der Waals surface area contributed by atoms with Crippen molar-refractivity contribution < 1.29 is 14.3 Å². The Balaban J connectivity index is 1.79. The summed E-state index contributed by atoms with van der Waals surface area (Å²) in [6.45, 7) is 3.72. The topological polar surface area (TPSA) is 59.6 Å². The number of amides is 1. The molecular formula is C15H22N2O3. The number of hydrogen-bond acceptors (Lipinski definition) is 4. The molecule has 1 aliphatic rings. The first-order valence-corrected chi connectivity index (χ1v) is 6.94. The molecule has 0 spiro atoms. The SMILES string of the molecule is COc1ccc(NCC(=O)NC2CCOCC2)cc1C. The zero-order valence-electron chi connectivity index (χ0n) is 12.1. The number of ether oxygens (including phenoxy) is 2. The van der Waals surface area contributed by atoms with Crippen molar-refractivity contribution in [2.75, 3.05) is 32.2 Å². The molecule has 20 heavy (non-hydrogen) atoms. The van der Waals surface area contributed by atoms with Crippen molar-refractivity contribution in [3.8, 4) is 5.75 Å². The maximum absolute atomic E-state index is 11.9. The number of anilines is 1. The van der Waals surface area contributed by atoms with Crippen LogP contribution in [0.15, 0.2) is 18.2 Å². The summed E-state index contributed by atoms with van der Waals surface area (Å²) in [4.78, 5) is 11.9. The molecule has 0 aliphatic carbocycles. The second kappa shape index (κ2) is 7.14. The van der Waals surface area contributed by atoms with Gasteiger partial charge in [0.15, 0.2) is 0 Å². The molecule has 1 heterocycles.